The van der Waals surface area contributed by atoms with Crippen LogP contribution < -0.4 is 4.74 Å². The SMILES string of the molecule is CC1CCCN(CCOc2ccccc2CN2CCC(c3ncc[nH]3)CC2)C1. The van der Waals surface area contributed by atoms with Gasteiger partial charge in [0.2, 0.25) is 0 Å². The number of benzene rings is 1. The molecule has 5 nitrogen and oxygen atoms in total. The second-order valence-corrected chi connectivity index (χ2v) is 8.53. The molecule has 2 saturated heterocycles. The molecule has 0 saturated carbocycles. The quantitative estimate of drug-likeness (QED) is 0.789. The van der Waals surface area contributed by atoms with Gasteiger partial charge in [0.25, 0.3) is 0 Å². The fourth-order valence-electron chi connectivity index (χ4n) is 4.66. The van der Waals surface area contributed by atoms with Crippen LogP contribution in [0.1, 0.15) is 49.9 Å². The third-order valence-electron chi connectivity index (χ3n) is 6.27. The van der Waals surface area contributed by atoms with Crippen LogP contribution in [0, 0.1) is 5.92 Å². The molecule has 2 aliphatic rings. The number of rotatable bonds is 7. The van der Waals surface area contributed by atoms with Crippen LogP contribution in [0.25, 0.3) is 0 Å². The van der Waals surface area contributed by atoms with E-state index in [4.69, 9.17) is 4.74 Å². The summed E-state index contributed by atoms with van der Waals surface area (Å²) in [4.78, 5) is 12.8. The Morgan fingerprint density at radius 2 is 1.96 bits per heavy atom. The van der Waals surface area contributed by atoms with Crippen molar-refractivity contribution < 1.29 is 4.74 Å². The maximum absolute atomic E-state index is 6.21. The molecule has 2 aromatic rings. The molecule has 1 N–H and O–H groups in total. The van der Waals surface area contributed by atoms with Crippen molar-refractivity contribution in [1.29, 1.82) is 0 Å². The summed E-state index contributed by atoms with van der Waals surface area (Å²) >= 11 is 0. The van der Waals surface area contributed by atoms with Gasteiger partial charge in [-0.05, 0) is 57.3 Å². The van der Waals surface area contributed by atoms with Crippen molar-refractivity contribution >= 4 is 0 Å². The molecular weight excluding hydrogens is 348 g/mol. The molecule has 5 heteroatoms. The van der Waals surface area contributed by atoms with Crippen molar-refractivity contribution in [3.05, 3.63) is 48.0 Å². The number of nitrogens with zero attached hydrogens (tertiary/aromatic N) is 3. The lowest BCUT2D eigenvalue weighted by atomic mass is 9.96. The number of hydrogen-bond acceptors (Lipinski definition) is 4. The highest BCUT2D eigenvalue weighted by Crippen LogP contribution is 2.28. The van der Waals surface area contributed by atoms with Gasteiger partial charge in [0.15, 0.2) is 0 Å². The van der Waals surface area contributed by atoms with E-state index < -0.39 is 0 Å². The number of para-hydroxylation sites is 1. The summed E-state index contributed by atoms with van der Waals surface area (Å²) in [6.07, 6.45) is 8.83. The van der Waals surface area contributed by atoms with Gasteiger partial charge in [0, 0.05) is 43.5 Å². The van der Waals surface area contributed by atoms with E-state index in [-0.39, 0.29) is 0 Å². The van der Waals surface area contributed by atoms with Crippen LogP contribution in [0.4, 0.5) is 0 Å². The van der Waals surface area contributed by atoms with Gasteiger partial charge in [0.05, 0.1) is 0 Å². The van der Waals surface area contributed by atoms with Gasteiger partial charge in [-0.2, -0.15) is 0 Å². The van der Waals surface area contributed by atoms with Crippen LogP contribution in [-0.2, 0) is 6.54 Å². The molecule has 0 aliphatic carbocycles. The third kappa shape index (κ3) is 5.15. The highest BCUT2D eigenvalue weighted by Gasteiger charge is 2.23. The molecule has 1 unspecified atom stereocenters. The normalized spacial score (nSPS) is 22.4. The molecule has 1 aromatic heterocycles. The van der Waals surface area contributed by atoms with Gasteiger partial charge in [-0.25, -0.2) is 4.98 Å². The van der Waals surface area contributed by atoms with Crippen LogP contribution in [0.5, 0.6) is 5.75 Å². The molecule has 28 heavy (non-hydrogen) atoms. The average Bonchev–Trinajstić information content (AvgIpc) is 3.25. The zero-order chi connectivity index (χ0) is 19.2. The van der Waals surface area contributed by atoms with Crippen molar-refractivity contribution in [2.75, 3.05) is 39.3 Å². The number of H-pyrrole nitrogens is 1. The average molecular weight is 383 g/mol. The molecule has 2 aliphatic heterocycles. The summed E-state index contributed by atoms with van der Waals surface area (Å²) in [6.45, 7) is 9.82. The first-order valence-electron chi connectivity index (χ1n) is 10.9. The van der Waals surface area contributed by atoms with Gasteiger partial charge >= 0.3 is 0 Å². The molecule has 0 amide bonds. The Morgan fingerprint density at radius 1 is 1.11 bits per heavy atom. The van der Waals surface area contributed by atoms with E-state index in [2.05, 4.69) is 51.0 Å². The fourth-order valence-corrected chi connectivity index (χ4v) is 4.66. The van der Waals surface area contributed by atoms with Gasteiger partial charge in [-0.1, -0.05) is 25.1 Å². The molecule has 0 spiro atoms. The predicted molar refractivity (Wildman–Crippen MR) is 113 cm³/mol. The Hall–Kier alpha value is -1.85. The van der Waals surface area contributed by atoms with E-state index in [1.807, 2.05) is 12.4 Å². The lowest BCUT2D eigenvalue weighted by Gasteiger charge is -2.32. The molecule has 1 atom stereocenters. The Bertz CT molecular complexity index is 709. The monoisotopic (exact) mass is 382 g/mol. The van der Waals surface area contributed by atoms with Gasteiger partial charge in [-0.15, -0.1) is 0 Å². The highest BCUT2D eigenvalue weighted by molar-refractivity contribution is 5.33. The molecule has 3 heterocycles. The van der Waals surface area contributed by atoms with Crippen molar-refractivity contribution in [2.24, 2.45) is 5.92 Å². The van der Waals surface area contributed by atoms with Gasteiger partial charge < -0.3 is 9.72 Å². The van der Waals surface area contributed by atoms with Crippen LogP contribution in [0.15, 0.2) is 36.7 Å². The number of imidazole rings is 1. The molecule has 0 bridgehead atoms. The smallest absolute Gasteiger partial charge is 0.123 e. The minimum absolute atomic E-state index is 0.574. The van der Waals surface area contributed by atoms with E-state index >= 15 is 0 Å². The minimum atomic E-state index is 0.574. The third-order valence-corrected chi connectivity index (χ3v) is 6.27. The lowest BCUT2D eigenvalue weighted by molar-refractivity contribution is 0.151. The van der Waals surface area contributed by atoms with E-state index in [1.165, 1.54) is 44.3 Å². The number of piperidine rings is 2. The second kappa shape index (κ2) is 9.57. The summed E-state index contributed by atoms with van der Waals surface area (Å²) in [5.41, 5.74) is 1.31. The van der Waals surface area contributed by atoms with Crippen molar-refractivity contribution in [3.8, 4) is 5.75 Å². The Morgan fingerprint density at radius 3 is 2.75 bits per heavy atom. The summed E-state index contributed by atoms with van der Waals surface area (Å²) in [6, 6.07) is 8.57. The van der Waals surface area contributed by atoms with Crippen LogP contribution in [0.2, 0.25) is 0 Å². The number of hydrogen-bond donors (Lipinski definition) is 1. The zero-order valence-electron chi connectivity index (χ0n) is 17.1. The number of ether oxygens (including phenoxy) is 1. The van der Waals surface area contributed by atoms with Crippen molar-refractivity contribution in [3.63, 3.8) is 0 Å². The molecule has 4 rings (SSSR count). The summed E-state index contributed by atoms with van der Waals surface area (Å²) in [5, 5.41) is 0. The van der Waals surface area contributed by atoms with E-state index in [1.54, 1.807) is 0 Å². The molecule has 0 radical (unpaired) electrons. The lowest BCUT2D eigenvalue weighted by Crippen LogP contribution is -2.37. The highest BCUT2D eigenvalue weighted by atomic mass is 16.5. The first kappa shape index (κ1) is 19.5. The Kier molecular flexibility index (Phi) is 6.65. The fraction of sp³-hybridized carbons (Fsp3) is 0.609. The standard InChI is InChI=1S/C23H34N4O/c1-19-5-4-12-26(17-19)15-16-28-22-7-3-2-6-21(22)18-27-13-8-20(9-14-27)23-24-10-11-25-23/h2-3,6-7,10-11,19-20H,4-5,8-9,12-18H2,1H3,(H,24,25). The topological polar surface area (TPSA) is 44.4 Å². The predicted octanol–water partition coefficient (Wildman–Crippen LogP) is 3.90. The zero-order valence-corrected chi connectivity index (χ0v) is 17.1. The number of nitrogens with one attached hydrogen (secondary N) is 1. The van der Waals surface area contributed by atoms with Crippen molar-refractivity contribution in [1.82, 2.24) is 19.8 Å². The number of aromatic amines is 1. The number of likely N-dealkylation sites (tertiary alicyclic amines) is 2. The Balaban J connectivity index is 1.26. The largest absolute Gasteiger partial charge is 0.492 e. The van der Waals surface area contributed by atoms with Crippen LogP contribution in [-0.4, -0.2) is 59.1 Å². The maximum atomic E-state index is 6.21. The summed E-state index contributed by atoms with van der Waals surface area (Å²) in [5.74, 6) is 3.60. The minimum Gasteiger partial charge on any atom is -0.492 e. The summed E-state index contributed by atoms with van der Waals surface area (Å²) < 4.78 is 6.21. The Labute approximate surface area is 169 Å². The van der Waals surface area contributed by atoms with Gasteiger partial charge in [0.1, 0.15) is 18.2 Å². The van der Waals surface area contributed by atoms with E-state index in [9.17, 15) is 0 Å². The maximum Gasteiger partial charge on any atom is 0.123 e. The van der Waals surface area contributed by atoms with E-state index in [0.29, 0.717) is 5.92 Å². The first-order chi connectivity index (χ1) is 13.8. The number of aromatic nitrogens is 2. The van der Waals surface area contributed by atoms with Crippen LogP contribution >= 0.6 is 0 Å². The second-order valence-electron chi connectivity index (χ2n) is 8.53. The van der Waals surface area contributed by atoms with Crippen LogP contribution in [0.3, 0.4) is 0 Å². The van der Waals surface area contributed by atoms with E-state index in [0.717, 1.165) is 50.3 Å². The molecule has 2 fully saturated rings. The first-order valence-corrected chi connectivity index (χ1v) is 10.9. The molecule has 1 aromatic carbocycles. The van der Waals surface area contributed by atoms with Crippen molar-refractivity contribution in [2.45, 2.75) is 45.1 Å². The molecule has 152 valence electrons. The molecular formula is C23H34N4O. The summed E-state index contributed by atoms with van der Waals surface area (Å²) in [7, 11) is 0. The van der Waals surface area contributed by atoms with Gasteiger partial charge in [-0.3, -0.25) is 9.80 Å².